The molecule has 0 aromatic carbocycles. The summed E-state index contributed by atoms with van der Waals surface area (Å²) in [5, 5.41) is 2.94. The molecule has 2 rings (SSSR count). The predicted octanol–water partition coefficient (Wildman–Crippen LogP) is 4.39. The first kappa shape index (κ1) is 18.4. The molecule has 0 bridgehead atoms. The van der Waals surface area contributed by atoms with Gasteiger partial charge in [0.25, 0.3) is 0 Å². The van der Waals surface area contributed by atoms with E-state index in [4.69, 9.17) is 4.74 Å². The fourth-order valence-electron chi connectivity index (χ4n) is 2.70. The number of carbonyl (C=O) groups excluding carboxylic acids is 1. The lowest BCUT2D eigenvalue weighted by molar-refractivity contribution is -0.143. The molecule has 0 radical (unpaired) electrons. The Hall–Kier alpha value is -0.640. The molecule has 0 aromatic rings. The summed E-state index contributed by atoms with van der Waals surface area (Å²) in [7, 11) is 0. The molecule has 1 saturated heterocycles. The second kappa shape index (κ2) is 12.0. The van der Waals surface area contributed by atoms with Gasteiger partial charge in [-0.2, -0.15) is 0 Å². The highest BCUT2D eigenvalue weighted by Crippen LogP contribution is 2.27. The fourth-order valence-corrected chi connectivity index (χ4v) is 2.90. The van der Waals surface area contributed by atoms with E-state index in [2.05, 4.69) is 17.5 Å². The van der Waals surface area contributed by atoms with Gasteiger partial charge >= 0.3 is 5.97 Å². The number of thiocarbonyl (C=S) groups is 1. The smallest absolute Gasteiger partial charge is 0.305 e. The third-order valence-corrected chi connectivity index (χ3v) is 4.47. The predicted molar refractivity (Wildman–Crippen MR) is 91.5 cm³/mol. The van der Waals surface area contributed by atoms with E-state index in [1.165, 1.54) is 44.9 Å². The molecule has 1 heterocycles. The zero-order chi connectivity index (χ0) is 15.3. The standard InChI is InChI=1S/C14H26O2.C3H5NS/c1-2-8-14(15)16-12-7-6-11-13-9-4-3-5-10-13;5-3-1-2-4-3/h13H,2-12H2,1H3;1-2H2,(H,4,5). The van der Waals surface area contributed by atoms with Gasteiger partial charge < -0.3 is 10.1 Å². The molecule has 3 nitrogen and oxygen atoms in total. The van der Waals surface area contributed by atoms with Crippen LogP contribution in [0.25, 0.3) is 0 Å². The monoisotopic (exact) mass is 313 g/mol. The maximum Gasteiger partial charge on any atom is 0.305 e. The molecule has 2 fully saturated rings. The van der Waals surface area contributed by atoms with E-state index in [1.807, 2.05) is 6.92 Å². The first-order valence-corrected chi connectivity index (χ1v) is 9.05. The van der Waals surface area contributed by atoms with E-state index in [1.54, 1.807) is 0 Å². The third kappa shape index (κ3) is 9.83. The Balaban J connectivity index is 0.000000369. The van der Waals surface area contributed by atoms with E-state index < -0.39 is 0 Å². The van der Waals surface area contributed by atoms with E-state index in [9.17, 15) is 4.79 Å². The number of rotatable bonds is 7. The number of ether oxygens (including phenoxy) is 1. The van der Waals surface area contributed by atoms with Crippen molar-refractivity contribution in [1.82, 2.24) is 5.32 Å². The van der Waals surface area contributed by atoms with Gasteiger partial charge in [0, 0.05) is 19.4 Å². The Morgan fingerprint density at radius 3 is 2.48 bits per heavy atom. The Labute approximate surface area is 135 Å². The number of unbranched alkanes of at least 4 members (excludes halogenated alkanes) is 1. The highest BCUT2D eigenvalue weighted by Gasteiger charge is 2.12. The van der Waals surface area contributed by atoms with Crippen LogP contribution in [0.1, 0.15) is 77.6 Å². The minimum atomic E-state index is -0.0276. The van der Waals surface area contributed by atoms with Gasteiger partial charge in [-0.05, 0) is 25.2 Å². The Bertz CT molecular complexity index is 295. The van der Waals surface area contributed by atoms with Crippen molar-refractivity contribution in [2.24, 2.45) is 5.92 Å². The molecule has 0 atom stereocenters. The molecule has 1 N–H and O–H groups in total. The molecule has 0 amide bonds. The number of esters is 1. The molecular weight excluding hydrogens is 282 g/mol. The van der Waals surface area contributed by atoms with Crippen molar-refractivity contribution in [2.75, 3.05) is 13.2 Å². The van der Waals surface area contributed by atoms with Crippen LogP contribution >= 0.6 is 12.2 Å². The summed E-state index contributed by atoms with van der Waals surface area (Å²) < 4.78 is 5.13. The highest BCUT2D eigenvalue weighted by atomic mass is 32.1. The molecule has 21 heavy (non-hydrogen) atoms. The van der Waals surface area contributed by atoms with Crippen molar-refractivity contribution < 1.29 is 9.53 Å². The molecule has 1 aliphatic heterocycles. The van der Waals surface area contributed by atoms with E-state index in [0.717, 1.165) is 36.7 Å². The number of carbonyl (C=O) groups is 1. The van der Waals surface area contributed by atoms with Gasteiger partial charge in [0.2, 0.25) is 0 Å². The van der Waals surface area contributed by atoms with Crippen molar-refractivity contribution in [3.63, 3.8) is 0 Å². The van der Waals surface area contributed by atoms with Crippen molar-refractivity contribution in [1.29, 1.82) is 0 Å². The van der Waals surface area contributed by atoms with Crippen LogP contribution in [0, 0.1) is 5.92 Å². The van der Waals surface area contributed by atoms with Gasteiger partial charge in [-0.3, -0.25) is 4.79 Å². The number of hydrogen-bond donors (Lipinski definition) is 1. The van der Waals surface area contributed by atoms with E-state index >= 15 is 0 Å². The van der Waals surface area contributed by atoms with E-state index in [0.29, 0.717) is 13.0 Å². The van der Waals surface area contributed by atoms with Crippen LogP contribution in [-0.4, -0.2) is 24.1 Å². The SMILES string of the molecule is CCCC(=O)OCCCCC1CCCCC1.S=C1CCN1. The molecule has 1 saturated carbocycles. The number of nitrogens with one attached hydrogen (secondary N) is 1. The van der Waals surface area contributed by atoms with Crippen molar-refractivity contribution in [2.45, 2.75) is 77.6 Å². The second-order valence-corrected chi connectivity index (χ2v) is 6.56. The summed E-state index contributed by atoms with van der Waals surface area (Å²) in [5.74, 6) is 0.931. The normalized spacial score (nSPS) is 18.0. The Morgan fingerprint density at radius 2 is 1.95 bits per heavy atom. The molecule has 0 aromatic heterocycles. The van der Waals surface area contributed by atoms with Crippen molar-refractivity contribution in [3.05, 3.63) is 0 Å². The Kier molecular flexibility index (Phi) is 10.5. The minimum absolute atomic E-state index is 0.0276. The molecule has 122 valence electrons. The molecule has 0 unspecified atom stereocenters. The maximum atomic E-state index is 11.1. The summed E-state index contributed by atoms with van der Waals surface area (Å²) in [6.07, 6.45) is 13.3. The van der Waals surface area contributed by atoms with Crippen LogP contribution < -0.4 is 5.32 Å². The largest absolute Gasteiger partial charge is 0.466 e. The molecule has 1 aliphatic carbocycles. The summed E-state index contributed by atoms with van der Waals surface area (Å²) in [6, 6.07) is 0. The van der Waals surface area contributed by atoms with Gasteiger partial charge in [0.1, 0.15) is 0 Å². The van der Waals surface area contributed by atoms with Crippen molar-refractivity contribution >= 4 is 23.2 Å². The van der Waals surface area contributed by atoms with Crippen LogP contribution in [0.2, 0.25) is 0 Å². The van der Waals surface area contributed by atoms with Crippen molar-refractivity contribution in [3.8, 4) is 0 Å². The van der Waals surface area contributed by atoms with Gasteiger partial charge in [0.05, 0.1) is 11.6 Å². The lowest BCUT2D eigenvalue weighted by atomic mass is 9.86. The van der Waals surface area contributed by atoms with Gasteiger partial charge in [-0.1, -0.05) is 57.7 Å². The highest BCUT2D eigenvalue weighted by molar-refractivity contribution is 7.80. The van der Waals surface area contributed by atoms with Crippen LogP contribution in [0.5, 0.6) is 0 Å². The summed E-state index contributed by atoms with van der Waals surface area (Å²) in [5.41, 5.74) is 0. The van der Waals surface area contributed by atoms with Crippen LogP contribution in [0.3, 0.4) is 0 Å². The number of hydrogen-bond acceptors (Lipinski definition) is 3. The molecule has 2 aliphatic rings. The zero-order valence-electron chi connectivity index (χ0n) is 13.5. The maximum absolute atomic E-state index is 11.1. The second-order valence-electron chi connectivity index (χ2n) is 6.07. The van der Waals surface area contributed by atoms with Gasteiger partial charge in [-0.15, -0.1) is 0 Å². The Morgan fingerprint density at radius 1 is 1.29 bits per heavy atom. The first-order valence-electron chi connectivity index (χ1n) is 8.64. The van der Waals surface area contributed by atoms with E-state index in [-0.39, 0.29) is 5.97 Å². The van der Waals surface area contributed by atoms with Crippen LogP contribution in [0.15, 0.2) is 0 Å². The third-order valence-electron chi connectivity index (χ3n) is 4.12. The van der Waals surface area contributed by atoms with Crippen LogP contribution in [0.4, 0.5) is 0 Å². The fraction of sp³-hybridized carbons (Fsp3) is 0.882. The average Bonchev–Trinajstić information content (AvgIpc) is 2.47. The first-order chi connectivity index (χ1) is 10.2. The topological polar surface area (TPSA) is 38.3 Å². The van der Waals surface area contributed by atoms with Crippen LogP contribution in [-0.2, 0) is 9.53 Å². The summed E-state index contributed by atoms with van der Waals surface area (Å²) in [6.45, 7) is 3.73. The van der Waals surface area contributed by atoms with Gasteiger partial charge in [0.15, 0.2) is 0 Å². The average molecular weight is 314 g/mol. The summed E-state index contributed by atoms with van der Waals surface area (Å²) in [4.78, 5) is 12.1. The van der Waals surface area contributed by atoms with Gasteiger partial charge in [-0.25, -0.2) is 0 Å². The zero-order valence-corrected chi connectivity index (χ0v) is 14.3. The molecule has 0 spiro atoms. The molecule has 4 heteroatoms. The summed E-state index contributed by atoms with van der Waals surface area (Å²) >= 11 is 4.67. The minimum Gasteiger partial charge on any atom is -0.466 e. The quantitative estimate of drug-likeness (QED) is 0.430. The lowest BCUT2D eigenvalue weighted by Gasteiger charge is -2.21. The molecular formula is C17H31NO2S. The lowest BCUT2D eigenvalue weighted by Crippen LogP contribution is -2.35.